The summed E-state index contributed by atoms with van der Waals surface area (Å²) in [5, 5.41) is 47.3. The van der Waals surface area contributed by atoms with Gasteiger partial charge in [-0.2, -0.15) is 0 Å². The first kappa shape index (κ1) is 50.3. The highest BCUT2D eigenvalue weighted by atomic mass is 16.7. The normalized spacial score (nSPS) is 13.5. The number of carbonyl (C=O) groups excluding carboxylic acids is 2. The van der Waals surface area contributed by atoms with Gasteiger partial charge in [-0.15, -0.1) is 0 Å². The van der Waals surface area contributed by atoms with Crippen molar-refractivity contribution in [3.63, 3.8) is 0 Å². The van der Waals surface area contributed by atoms with E-state index in [1.54, 1.807) is 0 Å². The molecule has 2 aromatic carbocycles. The van der Waals surface area contributed by atoms with E-state index in [4.69, 9.17) is 25.1 Å². The number of hydrogen-bond donors (Lipinski definition) is 6. The van der Waals surface area contributed by atoms with Gasteiger partial charge < -0.3 is 45.5 Å². The van der Waals surface area contributed by atoms with Gasteiger partial charge in [-0.05, 0) is 44.2 Å². The van der Waals surface area contributed by atoms with Gasteiger partial charge in [-0.25, -0.2) is 0 Å². The van der Waals surface area contributed by atoms with Crippen molar-refractivity contribution < 1.29 is 49.3 Å². The third-order valence-corrected chi connectivity index (χ3v) is 9.35. The molecule has 0 aromatic heterocycles. The molecule has 4 unspecified atom stereocenters. The molecule has 4 atom stereocenters. The zero-order valence-electron chi connectivity index (χ0n) is 33.7. The van der Waals surface area contributed by atoms with Gasteiger partial charge in [-0.3, -0.25) is 9.59 Å². The predicted octanol–water partition coefficient (Wildman–Crippen LogP) is 7.11. The molecule has 0 aliphatic heterocycles. The lowest BCUT2D eigenvalue weighted by molar-refractivity contribution is -0.281. The van der Waals surface area contributed by atoms with Crippen LogP contribution in [0.25, 0.3) is 0 Å². The molecule has 0 spiro atoms. The Hall–Kier alpha value is -2.74. The van der Waals surface area contributed by atoms with Crippen LogP contribution >= 0.6 is 0 Å². The summed E-state index contributed by atoms with van der Waals surface area (Å²) in [6.07, 6.45) is 15.2. The van der Waals surface area contributed by atoms with E-state index < -0.39 is 37.5 Å². The van der Waals surface area contributed by atoms with Crippen molar-refractivity contribution in [2.45, 2.75) is 173 Å². The zero-order chi connectivity index (χ0) is 40.5. The molecule has 0 bridgehead atoms. The van der Waals surface area contributed by atoms with Gasteiger partial charge in [-0.1, -0.05) is 145 Å². The molecule has 1 amide bonds. The number of rotatable bonds is 33. The third-order valence-electron chi connectivity index (χ3n) is 9.35. The van der Waals surface area contributed by atoms with Gasteiger partial charge in [0.2, 0.25) is 18.5 Å². The van der Waals surface area contributed by atoms with E-state index in [1.807, 2.05) is 54.6 Å². The molecule has 7 N–H and O–H groups in total. The summed E-state index contributed by atoms with van der Waals surface area (Å²) in [7, 11) is 0. The number of ketones is 1. The SMILES string of the molecule is CCCCCCCCCCCCCCCC(O)CCOC(OC(CO)C(C)O)C(O)O.NC(=O)CCCCCOCc1cccc(C(=O)c2ccccc2)c1. The minimum atomic E-state index is -1.90. The van der Waals surface area contributed by atoms with Crippen LogP contribution < -0.4 is 5.73 Å². The Morgan fingerprint density at radius 2 is 1.27 bits per heavy atom. The van der Waals surface area contributed by atoms with Crippen LogP contribution in [0.3, 0.4) is 0 Å². The van der Waals surface area contributed by atoms with Gasteiger partial charge in [0.1, 0.15) is 6.10 Å². The van der Waals surface area contributed by atoms with E-state index in [2.05, 4.69) is 6.92 Å². The number of amides is 1. The van der Waals surface area contributed by atoms with Gasteiger partial charge in [0.15, 0.2) is 5.78 Å². The van der Waals surface area contributed by atoms with E-state index in [9.17, 15) is 30.0 Å². The number of aliphatic hydroxyl groups is 5. The molecule has 2 rings (SSSR count). The number of nitrogens with two attached hydrogens (primary N) is 1. The zero-order valence-corrected chi connectivity index (χ0v) is 33.7. The van der Waals surface area contributed by atoms with Crippen molar-refractivity contribution >= 4 is 11.7 Å². The fourth-order valence-corrected chi connectivity index (χ4v) is 5.97. The molecule has 0 saturated carbocycles. The summed E-state index contributed by atoms with van der Waals surface area (Å²) in [6.45, 7) is 4.43. The van der Waals surface area contributed by atoms with E-state index >= 15 is 0 Å². The highest BCUT2D eigenvalue weighted by molar-refractivity contribution is 6.09. The van der Waals surface area contributed by atoms with Crippen LogP contribution in [0, 0.1) is 0 Å². The molecule has 0 aliphatic carbocycles. The van der Waals surface area contributed by atoms with Crippen LogP contribution in [0.15, 0.2) is 54.6 Å². The van der Waals surface area contributed by atoms with Crippen molar-refractivity contribution in [2.24, 2.45) is 5.73 Å². The van der Waals surface area contributed by atoms with Gasteiger partial charge in [0.05, 0.1) is 32.0 Å². The second kappa shape index (κ2) is 33.4. The summed E-state index contributed by atoms with van der Waals surface area (Å²) in [6, 6.07) is 16.8. The summed E-state index contributed by atoms with van der Waals surface area (Å²) in [4.78, 5) is 23.0. The molecule has 314 valence electrons. The lowest BCUT2D eigenvalue weighted by atomic mass is 10.0. The lowest BCUT2D eigenvalue weighted by Gasteiger charge is -2.26. The molecule has 11 nitrogen and oxygen atoms in total. The molecule has 0 saturated heterocycles. The molecule has 0 aliphatic rings. The fourth-order valence-electron chi connectivity index (χ4n) is 5.97. The number of aliphatic hydroxyl groups excluding tert-OH is 4. The molecular formula is C44H73NO10. The second-order valence-corrected chi connectivity index (χ2v) is 14.4. The Balaban J connectivity index is 0.000000566. The van der Waals surface area contributed by atoms with Crippen molar-refractivity contribution in [2.75, 3.05) is 19.8 Å². The number of hydrogen-bond acceptors (Lipinski definition) is 10. The maximum atomic E-state index is 12.4. The molecular weight excluding hydrogens is 702 g/mol. The van der Waals surface area contributed by atoms with Crippen molar-refractivity contribution in [3.05, 3.63) is 71.3 Å². The first-order valence-electron chi connectivity index (χ1n) is 20.7. The average molecular weight is 776 g/mol. The summed E-state index contributed by atoms with van der Waals surface area (Å²) in [5.74, 6) is -0.236. The van der Waals surface area contributed by atoms with Crippen LogP contribution in [0.4, 0.5) is 0 Å². The van der Waals surface area contributed by atoms with E-state index in [0.29, 0.717) is 43.6 Å². The minimum absolute atomic E-state index is 0.0175. The number of carbonyl (C=O) groups is 2. The highest BCUT2D eigenvalue weighted by Gasteiger charge is 2.25. The standard InChI is InChI=1S/C24H50O7.C20H23NO3/c1-3-4-5-6-7-8-9-10-11-12-13-14-15-16-21(27)17-18-30-24(23(28)29)31-22(19-25)20(2)26;21-19(22)12-5-2-6-13-24-15-16-8-7-11-18(14-16)20(23)17-9-3-1-4-10-17/h20-29H,3-19H2,1-2H3;1,3-4,7-11,14H,2,5-6,12-13,15H2,(H2,21,22). The molecule has 0 radical (unpaired) electrons. The Morgan fingerprint density at radius 3 is 1.84 bits per heavy atom. The van der Waals surface area contributed by atoms with Crippen LogP contribution in [-0.2, 0) is 25.6 Å². The van der Waals surface area contributed by atoms with Crippen molar-refractivity contribution in [1.29, 1.82) is 0 Å². The number of primary amides is 1. The Morgan fingerprint density at radius 1 is 0.691 bits per heavy atom. The third kappa shape index (κ3) is 26.7. The molecule has 55 heavy (non-hydrogen) atoms. The lowest BCUT2D eigenvalue weighted by Crippen LogP contribution is -2.41. The van der Waals surface area contributed by atoms with Crippen molar-refractivity contribution in [3.8, 4) is 0 Å². The Kier molecular flexibility index (Phi) is 30.5. The number of benzene rings is 2. The van der Waals surface area contributed by atoms with Crippen LogP contribution in [0.5, 0.6) is 0 Å². The van der Waals surface area contributed by atoms with E-state index in [0.717, 1.165) is 37.7 Å². The Labute approximate surface area is 330 Å². The van der Waals surface area contributed by atoms with Gasteiger partial charge in [0.25, 0.3) is 0 Å². The summed E-state index contributed by atoms with van der Waals surface area (Å²) >= 11 is 0. The van der Waals surface area contributed by atoms with Crippen LogP contribution in [-0.4, -0.2) is 87.9 Å². The first-order valence-corrected chi connectivity index (χ1v) is 20.7. The molecule has 11 heteroatoms. The average Bonchev–Trinajstić information content (AvgIpc) is 3.17. The largest absolute Gasteiger partial charge is 0.394 e. The quantitative estimate of drug-likeness (QED) is 0.0248. The predicted molar refractivity (Wildman–Crippen MR) is 216 cm³/mol. The molecule has 0 fully saturated rings. The van der Waals surface area contributed by atoms with E-state index in [1.165, 1.54) is 77.6 Å². The number of unbranched alkanes of at least 4 members (excludes halogenated alkanes) is 14. The van der Waals surface area contributed by atoms with Gasteiger partial charge in [0, 0.05) is 24.2 Å². The molecule has 0 heterocycles. The summed E-state index contributed by atoms with van der Waals surface area (Å²) in [5.41, 5.74) is 7.43. The maximum Gasteiger partial charge on any atom is 0.217 e. The Bertz CT molecular complexity index is 1210. The molecule has 2 aromatic rings. The van der Waals surface area contributed by atoms with Gasteiger partial charge >= 0.3 is 0 Å². The minimum Gasteiger partial charge on any atom is -0.394 e. The smallest absolute Gasteiger partial charge is 0.217 e. The first-order chi connectivity index (χ1) is 26.6. The maximum absolute atomic E-state index is 12.4. The highest BCUT2D eigenvalue weighted by Crippen LogP contribution is 2.16. The van der Waals surface area contributed by atoms with Crippen LogP contribution in [0.1, 0.15) is 157 Å². The van der Waals surface area contributed by atoms with Crippen LogP contribution in [0.2, 0.25) is 0 Å². The topological polar surface area (TPSA) is 189 Å². The summed E-state index contributed by atoms with van der Waals surface area (Å²) < 4.78 is 16.1. The fraction of sp³-hybridized carbons (Fsp3) is 0.682. The van der Waals surface area contributed by atoms with E-state index in [-0.39, 0.29) is 18.3 Å². The number of ether oxygens (including phenoxy) is 3. The second-order valence-electron chi connectivity index (χ2n) is 14.4. The monoisotopic (exact) mass is 776 g/mol. The van der Waals surface area contributed by atoms with Crippen molar-refractivity contribution in [1.82, 2.24) is 0 Å².